The molecule has 2 amide bonds. The number of carbonyl (C=O) groups excluding carboxylic acids is 5. The van der Waals surface area contributed by atoms with Crippen LogP contribution in [0.3, 0.4) is 0 Å². The molecule has 20 heteroatoms. The molecule has 0 spiro atoms. The number of nitrogen functional groups attached to an aromatic ring is 1. The van der Waals surface area contributed by atoms with Crippen molar-refractivity contribution in [2.75, 3.05) is 12.3 Å². The summed E-state index contributed by atoms with van der Waals surface area (Å²) in [6, 6.07) is 14.9. The van der Waals surface area contributed by atoms with Gasteiger partial charge >= 0.3 is 30.1 Å². The summed E-state index contributed by atoms with van der Waals surface area (Å²) in [5.74, 6) is -4.61. The number of esters is 3. The molecule has 0 unspecified atom stereocenters. The van der Waals surface area contributed by atoms with Gasteiger partial charge in [0, 0.05) is 6.42 Å². The third kappa shape index (κ3) is 12.2. The van der Waals surface area contributed by atoms with Crippen LogP contribution in [0.1, 0.15) is 57.9 Å². The number of nitrogens with one attached hydrogen (secondary N) is 3. The Labute approximate surface area is 337 Å². The Balaban J connectivity index is 1.24. The molecule has 1 fully saturated rings. The number of rotatable bonds is 17. The van der Waals surface area contributed by atoms with E-state index in [4.69, 9.17) is 34.2 Å². The first kappa shape index (κ1) is 43.6. The normalized spacial score (nSPS) is 17.3. The maximum absolute atomic E-state index is 15.2. The van der Waals surface area contributed by atoms with Crippen molar-refractivity contribution in [1.29, 1.82) is 0 Å². The molecule has 1 aliphatic heterocycles. The first-order valence-corrected chi connectivity index (χ1v) is 18.7. The lowest BCUT2D eigenvalue weighted by molar-refractivity contribution is -0.196. The van der Waals surface area contributed by atoms with Crippen LogP contribution in [0, 0.1) is 11.8 Å². The van der Waals surface area contributed by atoms with Crippen LogP contribution in [0.15, 0.2) is 71.8 Å². The molecular formula is C39H46FN7O12. The number of fused-ring (bicyclic) bond motifs is 1. The molecule has 2 aromatic carbocycles. The van der Waals surface area contributed by atoms with Crippen LogP contribution in [0.2, 0.25) is 0 Å². The molecule has 5 atom stereocenters. The average Bonchev–Trinajstić information content (AvgIpc) is 3.79. The minimum Gasteiger partial charge on any atom is -0.463 e. The van der Waals surface area contributed by atoms with Gasteiger partial charge in [0.1, 0.15) is 56.8 Å². The van der Waals surface area contributed by atoms with E-state index in [2.05, 4.69) is 25.6 Å². The Kier molecular flexibility index (Phi) is 14.9. The van der Waals surface area contributed by atoms with E-state index >= 15 is 4.39 Å². The Morgan fingerprint density at radius 2 is 1.39 bits per heavy atom. The number of aromatic nitrogens is 4. The number of hydrogen-bond donors (Lipinski definition) is 4. The summed E-state index contributed by atoms with van der Waals surface area (Å²) >= 11 is 0. The van der Waals surface area contributed by atoms with Gasteiger partial charge in [-0.15, -0.1) is 0 Å². The van der Waals surface area contributed by atoms with Crippen molar-refractivity contribution >= 4 is 47.2 Å². The number of alkyl carbamates (subject to hydrolysis) is 2. The van der Waals surface area contributed by atoms with Gasteiger partial charge in [-0.2, -0.15) is 4.98 Å². The van der Waals surface area contributed by atoms with Gasteiger partial charge < -0.3 is 44.8 Å². The zero-order valence-electron chi connectivity index (χ0n) is 32.7. The average molecular weight is 824 g/mol. The third-order valence-corrected chi connectivity index (χ3v) is 8.97. The zero-order valence-corrected chi connectivity index (χ0v) is 32.7. The fourth-order valence-electron chi connectivity index (χ4n) is 5.83. The number of halogens is 1. The summed E-state index contributed by atoms with van der Waals surface area (Å²) in [5, 5.41) is 4.86. The molecule has 2 aromatic heterocycles. The predicted molar refractivity (Wildman–Crippen MR) is 204 cm³/mol. The fourth-order valence-corrected chi connectivity index (χ4v) is 5.83. The number of amides is 2. The molecule has 19 nitrogen and oxygen atoms in total. The molecule has 4 aromatic rings. The van der Waals surface area contributed by atoms with Crippen LogP contribution in [0.25, 0.3) is 11.2 Å². The Hall–Kier alpha value is -6.57. The number of ether oxygens (including phenoxy) is 6. The Bertz CT molecular complexity index is 2050. The van der Waals surface area contributed by atoms with Gasteiger partial charge in [0.15, 0.2) is 11.2 Å². The summed E-state index contributed by atoms with van der Waals surface area (Å²) < 4.78 is 49.1. The van der Waals surface area contributed by atoms with Crippen LogP contribution < -0.4 is 21.9 Å². The minimum atomic E-state index is -1.94. The maximum Gasteiger partial charge on any atom is 0.408 e. The highest BCUT2D eigenvalue weighted by molar-refractivity contribution is 5.84. The molecule has 1 aliphatic rings. The fraction of sp³-hybridized carbons (Fsp3) is 0.436. The zero-order chi connectivity index (χ0) is 42.6. The summed E-state index contributed by atoms with van der Waals surface area (Å²) in [4.78, 5) is 88.2. The highest BCUT2D eigenvalue weighted by atomic mass is 19.1. The topological polar surface area (TPSA) is 254 Å². The second-order valence-electron chi connectivity index (χ2n) is 14.2. The van der Waals surface area contributed by atoms with E-state index in [1.165, 1.54) is 10.9 Å². The summed E-state index contributed by atoms with van der Waals surface area (Å²) in [6.45, 7) is 5.64. The lowest BCUT2D eigenvalue weighted by Crippen LogP contribution is -2.49. The Morgan fingerprint density at radius 1 is 0.864 bits per heavy atom. The number of anilines is 1. The number of H-pyrrole nitrogens is 1. The number of hydrogen-bond acceptors (Lipinski definition) is 15. The third-order valence-electron chi connectivity index (χ3n) is 8.97. The number of carbonyl (C=O) groups is 5. The largest absolute Gasteiger partial charge is 0.463 e. The van der Waals surface area contributed by atoms with E-state index in [0.717, 1.165) is 0 Å². The maximum atomic E-state index is 15.2. The van der Waals surface area contributed by atoms with Crippen molar-refractivity contribution in [2.45, 2.75) is 90.6 Å². The molecule has 0 saturated carbocycles. The quantitative estimate of drug-likeness (QED) is 0.0675. The molecule has 0 radical (unpaired) electrons. The first-order chi connectivity index (χ1) is 28.2. The summed E-state index contributed by atoms with van der Waals surface area (Å²) in [6.07, 6.45) is -7.59. The van der Waals surface area contributed by atoms with E-state index in [9.17, 15) is 28.8 Å². The number of benzene rings is 2. The van der Waals surface area contributed by atoms with Gasteiger partial charge in [-0.25, -0.2) is 28.6 Å². The van der Waals surface area contributed by atoms with Gasteiger partial charge in [0.2, 0.25) is 5.95 Å². The van der Waals surface area contributed by atoms with Gasteiger partial charge in [-0.3, -0.25) is 19.1 Å². The first-order valence-electron chi connectivity index (χ1n) is 18.7. The van der Waals surface area contributed by atoms with Crippen LogP contribution in [0.4, 0.5) is 19.9 Å². The number of aromatic amines is 1. The van der Waals surface area contributed by atoms with E-state index in [0.29, 0.717) is 11.1 Å². The number of imidazole rings is 1. The van der Waals surface area contributed by atoms with Crippen molar-refractivity contribution in [3.8, 4) is 0 Å². The standard InChI is InChI=1S/C39H46FN7O12/c1-21(2)30(43-38(52)55-17-23-11-7-5-8-12-23)35(50)58-29(59-36(51)31(22(3)4)44-39(53)56-18-24-13-9-6-10-14-24)16-28(48)54-19-26-25(40)15-27(57-26)47-20-42-32-33(47)45-37(41)46-34(32)49/h5-14,20-22,25-27,29-31H,15-19H2,1-4H3,(H,43,52)(H,44,53)(H3,41,45,46,49)/t25-,26+,27+,30-,31-/m0/s1. The summed E-state index contributed by atoms with van der Waals surface area (Å²) in [5.41, 5.74) is 6.48. The van der Waals surface area contributed by atoms with E-state index in [-0.39, 0.29) is 36.7 Å². The van der Waals surface area contributed by atoms with Crippen LogP contribution in [0.5, 0.6) is 0 Å². The molecule has 3 heterocycles. The van der Waals surface area contributed by atoms with E-state index < -0.39 is 97.4 Å². The monoisotopic (exact) mass is 823 g/mol. The van der Waals surface area contributed by atoms with Crippen LogP contribution >= 0.6 is 0 Å². The molecule has 316 valence electrons. The van der Waals surface area contributed by atoms with E-state index in [1.807, 2.05) is 0 Å². The van der Waals surface area contributed by atoms with Crippen LogP contribution in [-0.2, 0) is 56.0 Å². The highest BCUT2D eigenvalue weighted by Gasteiger charge is 2.39. The van der Waals surface area contributed by atoms with E-state index in [1.54, 1.807) is 88.4 Å². The van der Waals surface area contributed by atoms with Gasteiger partial charge in [0.25, 0.3) is 11.8 Å². The molecular weight excluding hydrogens is 777 g/mol. The minimum absolute atomic E-state index is 0.0406. The SMILES string of the molecule is CC(C)[C@H](NC(=O)OCc1ccccc1)C(=O)OC(CC(=O)OC[C@H]1O[C@@H](n2cnc3c(=O)[nH]c(N)nc32)C[C@@H]1F)OC(=O)[C@@H](NC(=O)OCc1ccccc1)C(C)C. The van der Waals surface area contributed by atoms with Crippen molar-refractivity contribution in [3.05, 3.63) is 88.5 Å². The molecule has 0 bridgehead atoms. The number of alkyl halides is 1. The van der Waals surface area contributed by atoms with Crippen molar-refractivity contribution in [3.63, 3.8) is 0 Å². The molecule has 0 aliphatic carbocycles. The molecule has 5 rings (SSSR count). The smallest absolute Gasteiger partial charge is 0.408 e. The second-order valence-corrected chi connectivity index (χ2v) is 14.2. The van der Waals surface area contributed by atoms with Crippen molar-refractivity contribution < 1.29 is 56.8 Å². The number of nitrogens with two attached hydrogens (primary N) is 1. The highest BCUT2D eigenvalue weighted by Crippen LogP contribution is 2.32. The lowest BCUT2D eigenvalue weighted by atomic mass is 10.0. The van der Waals surface area contributed by atoms with Gasteiger partial charge in [0.05, 0.1) is 6.33 Å². The van der Waals surface area contributed by atoms with Crippen molar-refractivity contribution in [2.24, 2.45) is 11.8 Å². The lowest BCUT2D eigenvalue weighted by Gasteiger charge is -2.26. The number of nitrogens with zero attached hydrogens (tertiary/aromatic N) is 3. The molecule has 59 heavy (non-hydrogen) atoms. The predicted octanol–water partition coefficient (Wildman–Crippen LogP) is 3.58. The van der Waals surface area contributed by atoms with Crippen LogP contribution in [-0.4, -0.2) is 86.9 Å². The van der Waals surface area contributed by atoms with Gasteiger partial charge in [-0.1, -0.05) is 88.4 Å². The van der Waals surface area contributed by atoms with Crippen molar-refractivity contribution in [1.82, 2.24) is 30.2 Å². The molecule has 1 saturated heterocycles. The second kappa shape index (κ2) is 20.2. The molecule has 5 N–H and O–H groups in total. The van der Waals surface area contributed by atoms with Gasteiger partial charge in [-0.05, 0) is 23.0 Å². The summed E-state index contributed by atoms with van der Waals surface area (Å²) in [7, 11) is 0. The Morgan fingerprint density at radius 3 is 1.90 bits per heavy atom.